The number of carbonyl (C=O) groups excluding carboxylic acids is 3. The van der Waals surface area contributed by atoms with Crippen LogP contribution in [0.15, 0.2) is 35.8 Å². The van der Waals surface area contributed by atoms with Gasteiger partial charge < -0.3 is 20.3 Å². The van der Waals surface area contributed by atoms with Crippen LogP contribution in [0.4, 0.5) is 10.8 Å². The molecule has 166 valence electrons. The number of benzene rings is 1. The Morgan fingerprint density at radius 2 is 2.00 bits per heavy atom. The first-order valence-corrected chi connectivity index (χ1v) is 11.4. The van der Waals surface area contributed by atoms with E-state index in [9.17, 15) is 14.4 Å². The number of nitrogens with one attached hydrogen (secondary N) is 2. The third kappa shape index (κ3) is 7.15. The maximum Gasteiger partial charge on any atom is 0.240 e. The average molecular weight is 445 g/mol. The Morgan fingerprint density at radius 3 is 2.65 bits per heavy atom. The monoisotopic (exact) mass is 444 g/mol. The molecular formula is C22H28N4O4S. The molecule has 1 aromatic carbocycles. The van der Waals surface area contributed by atoms with Crippen molar-refractivity contribution in [2.24, 2.45) is 0 Å². The fraction of sp³-hybridized carbons (Fsp3) is 0.455. The second-order valence-electron chi connectivity index (χ2n) is 7.32. The molecule has 3 amide bonds. The molecule has 1 aliphatic heterocycles. The van der Waals surface area contributed by atoms with Gasteiger partial charge in [-0.05, 0) is 37.0 Å². The van der Waals surface area contributed by atoms with Crippen LogP contribution < -0.4 is 15.5 Å². The summed E-state index contributed by atoms with van der Waals surface area (Å²) in [6, 6.07) is 7.55. The van der Waals surface area contributed by atoms with E-state index in [0.717, 1.165) is 31.4 Å². The summed E-state index contributed by atoms with van der Waals surface area (Å²) < 4.78 is 5.53. The minimum atomic E-state index is -0.286. The number of aryl methyl sites for hydroxylation is 1. The van der Waals surface area contributed by atoms with E-state index in [0.29, 0.717) is 17.4 Å². The van der Waals surface area contributed by atoms with Gasteiger partial charge in [-0.25, -0.2) is 4.98 Å². The zero-order valence-electron chi connectivity index (χ0n) is 17.6. The molecule has 2 heterocycles. The molecule has 0 saturated carbocycles. The van der Waals surface area contributed by atoms with Crippen molar-refractivity contribution in [3.8, 4) is 0 Å². The summed E-state index contributed by atoms with van der Waals surface area (Å²) in [6.45, 7) is 3.10. The Balaban J connectivity index is 1.59. The van der Waals surface area contributed by atoms with Gasteiger partial charge in [0.1, 0.15) is 6.54 Å². The van der Waals surface area contributed by atoms with E-state index in [-0.39, 0.29) is 43.2 Å². The predicted octanol–water partition coefficient (Wildman–Crippen LogP) is 2.75. The fourth-order valence-corrected chi connectivity index (χ4v) is 3.84. The Hall–Kier alpha value is -2.78. The minimum Gasteiger partial charge on any atom is -0.376 e. The van der Waals surface area contributed by atoms with Crippen LogP contribution in [0.2, 0.25) is 0 Å². The first kappa shape index (κ1) is 22.9. The molecule has 1 aromatic heterocycles. The molecule has 0 bridgehead atoms. The molecule has 3 rings (SSSR count). The molecule has 31 heavy (non-hydrogen) atoms. The highest BCUT2D eigenvalue weighted by Gasteiger charge is 2.22. The molecule has 2 N–H and O–H groups in total. The van der Waals surface area contributed by atoms with Gasteiger partial charge in [0.05, 0.1) is 6.10 Å². The lowest BCUT2D eigenvalue weighted by Gasteiger charge is -2.23. The molecule has 1 atom stereocenters. The van der Waals surface area contributed by atoms with E-state index in [4.69, 9.17) is 4.74 Å². The van der Waals surface area contributed by atoms with E-state index in [1.165, 1.54) is 16.2 Å². The number of thiazole rings is 1. The Kier molecular flexibility index (Phi) is 8.54. The Bertz CT molecular complexity index is 864. The second kappa shape index (κ2) is 11.6. The zero-order valence-corrected chi connectivity index (χ0v) is 18.5. The summed E-state index contributed by atoms with van der Waals surface area (Å²) in [5.41, 5.74) is 1.77. The van der Waals surface area contributed by atoms with E-state index in [1.807, 2.05) is 24.3 Å². The highest BCUT2D eigenvalue weighted by atomic mass is 32.1. The van der Waals surface area contributed by atoms with Crippen LogP contribution in [-0.2, 0) is 25.5 Å². The lowest BCUT2D eigenvalue weighted by molar-refractivity contribution is -0.125. The molecule has 0 aliphatic carbocycles. The van der Waals surface area contributed by atoms with Crippen molar-refractivity contribution in [3.63, 3.8) is 0 Å². The predicted molar refractivity (Wildman–Crippen MR) is 120 cm³/mol. The number of rotatable bonds is 10. The van der Waals surface area contributed by atoms with Crippen LogP contribution in [0, 0.1) is 0 Å². The highest BCUT2D eigenvalue weighted by molar-refractivity contribution is 7.13. The van der Waals surface area contributed by atoms with E-state index < -0.39 is 0 Å². The number of ether oxygens (including phenoxy) is 1. The van der Waals surface area contributed by atoms with Crippen molar-refractivity contribution in [1.29, 1.82) is 0 Å². The van der Waals surface area contributed by atoms with Crippen molar-refractivity contribution in [3.05, 3.63) is 41.4 Å². The molecule has 0 radical (unpaired) electrons. The lowest BCUT2D eigenvalue weighted by Crippen LogP contribution is -2.43. The summed E-state index contributed by atoms with van der Waals surface area (Å²) in [7, 11) is 0. The van der Waals surface area contributed by atoms with Gasteiger partial charge in [-0.15, -0.1) is 11.3 Å². The quantitative estimate of drug-likeness (QED) is 0.587. The van der Waals surface area contributed by atoms with Crippen LogP contribution in [0.5, 0.6) is 0 Å². The van der Waals surface area contributed by atoms with E-state index in [1.54, 1.807) is 11.6 Å². The summed E-state index contributed by atoms with van der Waals surface area (Å²) in [4.78, 5) is 43.0. The number of aromatic nitrogens is 1. The summed E-state index contributed by atoms with van der Waals surface area (Å²) >= 11 is 1.31. The topological polar surface area (TPSA) is 101 Å². The van der Waals surface area contributed by atoms with Gasteiger partial charge >= 0.3 is 0 Å². The van der Waals surface area contributed by atoms with Gasteiger partial charge in [-0.2, -0.15) is 0 Å². The number of hydrogen-bond acceptors (Lipinski definition) is 6. The fourth-order valence-electron chi connectivity index (χ4n) is 3.29. The third-order valence-electron chi connectivity index (χ3n) is 5.05. The van der Waals surface area contributed by atoms with Crippen LogP contribution >= 0.6 is 11.3 Å². The zero-order chi connectivity index (χ0) is 22.1. The smallest absolute Gasteiger partial charge is 0.240 e. The van der Waals surface area contributed by atoms with Crippen molar-refractivity contribution in [2.75, 3.05) is 29.9 Å². The van der Waals surface area contributed by atoms with Gasteiger partial charge in [0, 0.05) is 43.3 Å². The number of anilines is 2. The van der Waals surface area contributed by atoms with Crippen LogP contribution in [-0.4, -0.2) is 48.5 Å². The third-order valence-corrected chi connectivity index (χ3v) is 5.74. The van der Waals surface area contributed by atoms with Crippen LogP contribution in [0.3, 0.4) is 0 Å². The molecule has 1 saturated heterocycles. The molecule has 0 spiro atoms. The normalized spacial score (nSPS) is 15.5. The highest BCUT2D eigenvalue weighted by Crippen LogP contribution is 2.18. The molecule has 1 fully saturated rings. The SMILES string of the molecule is CCc1ccc(N(CC(=O)NC[C@H]2CCCO2)C(=O)CCC(=O)Nc2nccs2)cc1. The van der Waals surface area contributed by atoms with Crippen molar-refractivity contribution in [1.82, 2.24) is 10.3 Å². The lowest BCUT2D eigenvalue weighted by atomic mass is 10.1. The van der Waals surface area contributed by atoms with Crippen LogP contribution in [0.1, 0.15) is 38.2 Å². The van der Waals surface area contributed by atoms with E-state index >= 15 is 0 Å². The second-order valence-corrected chi connectivity index (χ2v) is 8.22. The van der Waals surface area contributed by atoms with Crippen LogP contribution in [0.25, 0.3) is 0 Å². The molecule has 9 heteroatoms. The number of amides is 3. The van der Waals surface area contributed by atoms with Gasteiger partial charge in [0.2, 0.25) is 17.7 Å². The summed E-state index contributed by atoms with van der Waals surface area (Å²) in [5.74, 6) is -0.825. The molecule has 1 aliphatic rings. The first-order chi connectivity index (χ1) is 15.0. The molecule has 8 nitrogen and oxygen atoms in total. The van der Waals surface area contributed by atoms with Gasteiger partial charge in [0.25, 0.3) is 0 Å². The van der Waals surface area contributed by atoms with Gasteiger partial charge in [-0.1, -0.05) is 19.1 Å². The number of nitrogens with zero attached hydrogens (tertiary/aromatic N) is 2. The maximum atomic E-state index is 12.9. The molecule has 0 unspecified atom stereocenters. The van der Waals surface area contributed by atoms with Crippen molar-refractivity contribution in [2.45, 2.75) is 45.1 Å². The van der Waals surface area contributed by atoms with Crippen molar-refractivity contribution < 1.29 is 19.1 Å². The molecular weight excluding hydrogens is 416 g/mol. The van der Waals surface area contributed by atoms with E-state index in [2.05, 4.69) is 22.5 Å². The van der Waals surface area contributed by atoms with Crippen molar-refractivity contribution >= 4 is 39.9 Å². The minimum absolute atomic E-state index is 0.00818. The number of hydrogen-bond donors (Lipinski definition) is 2. The standard InChI is InChI=1S/C22H28N4O4S/c1-2-16-5-7-17(8-6-16)26(15-20(28)24-14-18-4-3-12-30-18)21(29)10-9-19(27)25-22-23-11-13-31-22/h5-8,11,13,18H,2-4,9-10,12,14-15H2,1H3,(H,24,28)(H,23,25,27)/t18-/m1/s1. The Labute approximate surface area is 186 Å². The average Bonchev–Trinajstić information content (AvgIpc) is 3.49. The Morgan fingerprint density at radius 1 is 1.19 bits per heavy atom. The molecule has 2 aromatic rings. The summed E-state index contributed by atoms with van der Waals surface area (Å²) in [6.07, 6.45) is 4.44. The van der Waals surface area contributed by atoms with Gasteiger partial charge in [0.15, 0.2) is 5.13 Å². The largest absolute Gasteiger partial charge is 0.376 e. The maximum absolute atomic E-state index is 12.9. The van der Waals surface area contributed by atoms with Gasteiger partial charge in [-0.3, -0.25) is 14.4 Å². The summed E-state index contributed by atoms with van der Waals surface area (Å²) in [5, 5.41) is 7.78. The first-order valence-electron chi connectivity index (χ1n) is 10.5. The number of carbonyl (C=O) groups is 3.